The van der Waals surface area contributed by atoms with Gasteiger partial charge in [0.05, 0.1) is 4.99 Å². The van der Waals surface area contributed by atoms with Crippen molar-refractivity contribution in [3.05, 3.63) is 65.7 Å². The van der Waals surface area contributed by atoms with Crippen LogP contribution in [0.2, 0.25) is 0 Å². The van der Waals surface area contributed by atoms with Crippen LogP contribution in [0.25, 0.3) is 12.2 Å². The van der Waals surface area contributed by atoms with Crippen molar-refractivity contribution < 1.29 is 0 Å². The van der Waals surface area contributed by atoms with E-state index >= 15 is 0 Å². The first-order chi connectivity index (χ1) is 8.75. The van der Waals surface area contributed by atoms with Gasteiger partial charge in [0.1, 0.15) is 0 Å². The summed E-state index contributed by atoms with van der Waals surface area (Å²) in [6, 6.07) is 18.4. The van der Waals surface area contributed by atoms with Crippen LogP contribution >= 0.6 is 12.2 Å². The third-order valence-corrected chi connectivity index (χ3v) is 2.63. The van der Waals surface area contributed by atoms with E-state index in [9.17, 15) is 0 Å². The first-order valence-corrected chi connectivity index (χ1v) is 6.26. The molecule has 0 atom stereocenters. The molecule has 0 amide bonds. The molecule has 0 aliphatic rings. The third-order valence-electron chi connectivity index (χ3n) is 2.53. The summed E-state index contributed by atoms with van der Waals surface area (Å²) in [5.41, 5.74) is 3.36. The lowest BCUT2D eigenvalue weighted by Crippen LogP contribution is -2.04. The third kappa shape index (κ3) is 3.54. The lowest BCUT2D eigenvalue weighted by Gasteiger charge is -2.07. The molecule has 0 aliphatic heterocycles. The topological polar surface area (TPSA) is 12.0 Å². The van der Waals surface area contributed by atoms with Gasteiger partial charge in [0.25, 0.3) is 0 Å². The van der Waals surface area contributed by atoms with E-state index in [0.29, 0.717) is 0 Å². The van der Waals surface area contributed by atoms with Crippen molar-refractivity contribution in [1.29, 1.82) is 0 Å². The van der Waals surface area contributed by atoms with Gasteiger partial charge < -0.3 is 5.32 Å². The summed E-state index contributed by atoms with van der Waals surface area (Å²) in [7, 11) is 0. The highest BCUT2D eigenvalue weighted by Crippen LogP contribution is 2.18. The fourth-order valence-corrected chi connectivity index (χ4v) is 1.81. The highest BCUT2D eigenvalue weighted by molar-refractivity contribution is 7.80. The van der Waals surface area contributed by atoms with Crippen molar-refractivity contribution in [1.82, 2.24) is 0 Å². The summed E-state index contributed by atoms with van der Waals surface area (Å²) < 4.78 is 0. The molecule has 0 aromatic heterocycles. The highest BCUT2D eigenvalue weighted by atomic mass is 32.1. The molecular weight excluding hydrogens is 238 g/mol. The van der Waals surface area contributed by atoms with Gasteiger partial charge in [-0.15, -0.1) is 0 Å². The molecule has 0 spiro atoms. The maximum Gasteiger partial charge on any atom is 0.0765 e. The Morgan fingerprint density at radius 1 is 0.944 bits per heavy atom. The molecule has 1 nitrogen and oxygen atoms in total. The largest absolute Gasteiger partial charge is 0.350 e. The van der Waals surface area contributed by atoms with Crippen LogP contribution in [0.15, 0.2) is 54.6 Å². The Kier molecular flexibility index (Phi) is 4.26. The zero-order valence-corrected chi connectivity index (χ0v) is 11.1. The predicted molar refractivity (Wildman–Crippen MR) is 83.7 cm³/mol. The number of benzene rings is 2. The monoisotopic (exact) mass is 253 g/mol. The van der Waals surface area contributed by atoms with Crippen molar-refractivity contribution in [3.8, 4) is 0 Å². The van der Waals surface area contributed by atoms with E-state index in [1.54, 1.807) is 0 Å². The Bertz CT molecular complexity index is 558. The van der Waals surface area contributed by atoms with Crippen molar-refractivity contribution in [3.63, 3.8) is 0 Å². The van der Waals surface area contributed by atoms with Gasteiger partial charge in [0.15, 0.2) is 0 Å². The maximum absolute atomic E-state index is 5.08. The minimum absolute atomic E-state index is 0.774. The number of rotatable bonds is 3. The molecule has 0 radical (unpaired) electrons. The van der Waals surface area contributed by atoms with Crippen molar-refractivity contribution >= 4 is 35.0 Å². The molecule has 18 heavy (non-hydrogen) atoms. The SMILES string of the molecule is CC(=S)Nc1ccccc1/C=C/c1ccccc1. The zero-order chi connectivity index (χ0) is 12.8. The summed E-state index contributed by atoms with van der Waals surface area (Å²) in [4.78, 5) is 0.774. The fraction of sp³-hybridized carbons (Fsp3) is 0.0625. The summed E-state index contributed by atoms with van der Waals surface area (Å²) in [6.45, 7) is 1.88. The highest BCUT2D eigenvalue weighted by Gasteiger charge is 1.97. The smallest absolute Gasteiger partial charge is 0.0765 e. The number of anilines is 1. The molecule has 2 rings (SSSR count). The van der Waals surface area contributed by atoms with Gasteiger partial charge in [0, 0.05) is 5.69 Å². The molecule has 0 saturated carbocycles. The molecule has 90 valence electrons. The quantitative estimate of drug-likeness (QED) is 0.633. The molecule has 2 aromatic carbocycles. The normalized spacial score (nSPS) is 10.5. The van der Waals surface area contributed by atoms with Crippen LogP contribution < -0.4 is 5.32 Å². The fourth-order valence-electron chi connectivity index (χ4n) is 1.70. The van der Waals surface area contributed by atoms with Crippen LogP contribution in [0, 0.1) is 0 Å². The minimum Gasteiger partial charge on any atom is -0.350 e. The van der Waals surface area contributed by atoms with E-state index in [2.05, 4.69) is 35.7 Å². The van der Waals surface area contributed by atoms with Gasteiger partial charge in [-0.05, 0) is 24.1 Å². The summed E-state index contributed by atoms with van der Waals surface area (Å²) in [5.74, 6) is 0. The number of thiocarbonyl (C=S) groups is 1. The van der Waals surface area contributed by atoms with E-state index in [0.717, 1.165) is 16.2 Å². The Hall–Kier alpha value is -1.93. The minimum atomic E-state index is 0.774. The van der Waals surface area contributed by atoms with Crippen molar-refractivity contribution in [2.75, 3.05) is 5.32 Å². The summed E-state index contributed by atoms with van der Waals surface area (Å²) in [6.07, 6.45) is 4.19. The molecule has 2 heteroatoms. The van der Waals surface area contributed by atoms with Crippen molar-refractivity contribution in [2.45, 2.75) is 6.92 Å². The zero-order valence-electron chi connectivity index (χ0n) is 10.3. The van der Waals surface area contributed by atoms with Crippen LogP contribution in [-0.4, -0.2) is 4.99 Å². The number of hydrogen-bond acceptors (Lipinski definition) is 1. The van der Waals surface area contributed by atoms with E-state index in [1.165, 1.54) is 5.56 Å². The second kappa shape index (κ2) is 6.12. The second-order valence-corrected chi connectivity index (χ2v) is 4.62. The average molecular weight is 253 g/mol. The van der Waals surface area contributed by atoms with Gasteiger partial charge in [-0.2, -0.15) is 0 Å². The van der Waals surface area contributed by atoms with Crippen molar-refractivity contribution in [2.24, 2.45) is 0 Å². The molecule has 0 bridgehead atoms. The number of nitrogens with one attached hydrogen (secondary N) is 1. The number of hydrogen-bond donors (Lipinski definition) is 1. The Balaban J connectivity index is 2.23. The lowest BCUT2D eigenvalue weighted by molar-refractivity contribution is 1.60. The lowest BCUT2D eigenvalue weighted by atomic mass is 10.1. The summed E-state index contributed by atoms with van der Waals surface area (Å²) in [5, 5.41) is 3.19. The average Bonchev–Trinajstić information content (AvgIpc) is 2.38. The van der Waals surface area contributed by atoms with Crippen LogP contribution in [0.3, 0.4) is 0 Å². The molecule has 0 aliphatic carbocycles. The van der Waals surface area contributed by atoms with Gasteiger partial charge >= 0.3 is 0 Å². The van der Waals surface area contributed by atoms with Gasteiger partial charge in [-0.1, -0.05) is 72.9 Å². The standard InChI is InChI=1S/C16H15NS/c1-13(18)17-16-10-6-5-9-15(16)12-11-14-7-3-2-4-8-14/h2-12H,1H3,(H,17,18)/b12-11+. The maximum atomic E-state index is 5.08. The van der Waals surface area contributed by atoms with E-state index in [-0.39, 0.29) is 0 Å². The first kappa shape index (κ1) is 12.5. The first-order valence-electron chi connectivity index (χ1n) is 5.85. The molecule has 0 unspecified atom stereocenters. The van der Waals surface area contributed by atoms with Gasteiger partial charge in [-0.3, -0.25) is 0 Å². The second-order valence-electron chi connectivity index (χ2n) is 4.01. The Morgan fingerprint density at radius 3 is 2.33 bits per heavy atom. The molecule has 1 N–H and O–H groups in total. The number of para-hydroxylation sites is 1. The summed E-state index contributed by atoms with van der Waals surface area (Å²) >= 11 is 5.08. The van der Waals surface area contributed by atoms with Gasteiger partial charge in [0.2, 0.25) is 0 Å². The van der Waals surface area contributed by atoms with E-state index in [1.807, 2.05) is 43.3 Å². The molecule has 0 saturated heterocycles. The van der Waals surface area contributed by atoms with E-state index < -0.39 is 0 Å². The van der Waals surface area contributed by atoms with Crippen LogP contribution in [-0.2, 0) is 0 Å². The van der Waals surface area contributed by atoms with Gasteiger partial charge in [-0.25, -0.2) is 0 Å². The van der Waals surface area contributed by atoms with Crippen LogP contribution in [0.1, 0.15) is 18.1 Å². The van der Waals surface area contributed by atoms with Crippen LogP contribution in [0.5, 0.6) is 0 Å². The van der Waals surface area contributed by atoms with Crippen LogP contribution in [0.4, 0.5) is 5.69 Å². The molecule has 2 aromatic rings. The Labute approximate surface area is 113 Å². The molecule has 0 heterocycles. The Morgan fingerprint density at radius 2 is 1.61 bits per heavy atom. The van der Waals surface area contributed by atoms with E-state index in [4.69, 9.17) is 12.2 Å². The molecular formula is C16H15NS. The molecule has 0 fully saturated rings. The predicted octanol–water partition coefficient (Wildman–Crippen LogP) is 4.62.